The van der Waals surface area contributed by atoms with Gasteiger partial charge in [-0.25, -0.2) is 0 Å². The van der Waals surface area contributed by atoms with Crippen molar-refractivity contribution in [3.8, 4) is 6.07 Å². The average molecular weight is 309 g/mol. The van der Waals surface area contributed by atoms with Gasteiger partial charge in [0.1, 0.15) is 0 Å². The molecule has 1 heterocycles. The molecular formula is C18H13ClN2O. The largest absolute Gasteiger partial charge is 0.307 e. The molecule has 0 bridgehead atoms. The van der Waals surface area contributed by atoms with Crippen molar-refractivity contribution in [1.29, 1.82) is 5.26 Å². The van der Waals surface area contributed by atoms with E-state index in [0.717, 1.165) is 16.8 Å². The minimum absolute atomic E-state index is 0.0279. The van der Waals surface area contributed by atoms with Crippen LogP contribution in [-0.2, 0) is 16.8 Å². The average Bonchev–Trinajstić information content (AvgIpc) is 3.24. The SMILES string of the molecule is N#C[C@@H]1C[C@]12C(=O)N(Cc1ccccc1)c1ccc(Cl)cc12. The van der Waals surface area contributed by atoms with E-state index in [-0.39, 0.29) is 11.8 Å². The molecular weight excluding hydrogens is 296 g/mol. The van der Waals surface area contributed by atoms with Crippen LogP contribution in [0.3, 0.4) is 0 Å². The smallest absolute Gasteiger partial charge is 0.239 e. The predicted molar refractivity (Wildman–Crippen MR) is 84.5 cm³/mol. The van der Waals surface area contributed by atoms with Crippen molar-refractivity contribution in [3.05, 3.63) is 64.7 Å². The number of benzene rings is 2. The maximum Gasteiger partial charge on any atom is 0.239 e. The Hall–Kier alpha value is -2.31. The zero-order valence-electron chi connectivity index (χ0n) is 11.8. The van der Waals surface area contributed by atoms with Crippen LogP contribution in [0, 0.1) is 17.2 Å². The molecule has 2 aromatic carbocycles. The Balaban J connectivity index is 1.79. The van der Waals surface area contributed by atoms with E-state index < -0.39 is 5.41 Å². The molecule has 22 heavy (non-hydrogen) atoms. The van der Waals surface area contributed by atoms with Gasteiger partial charge in [0.05, 0.1) is 23.9 Å². The molecule has 1 aliphatic heterocycles. The first-order valence-electron chi connectivity index (χ1n) is 7.22. The van der Waals surface area contributed by atoms with Crippen molar-refractivity contribution in [3.63, 3.8) is 0 Å². The highest BCUT2D eigenvalue weighted by molar-refractivity contribution is 6.31. The summed E-state index contributed by atoms with van der Waals surface area (Å²) >= 11 is 6.11. The minimum atomic E-state index is -0.663. The van der Waals surface area contributed by atoms with Gasteiger partial charge in [-0.05, 0) is 35.7 Å². The van der Waals surface area contributed by atoms with Gasteiger partial charge in [-0.3, -0.25) is 4.79 Å². The van der Waals surface area contributed by atoms with Crippen LogP contribution in [0.2, 0.25) is 5.02 Å². The Morgan fingerprint density at radius 3 is 2.73 bits per heavy atom. The Kier molecular flexibility index (Phi) is 2.79. The molecule has 1 amide bonds. The van der Waals surface area contributed by atoms with Gasteiger partial charge in [0.2, 0.25) is 5.91 Å². The lowest BCUT2D eigenvalue weighted by Gasteiger charge is -2.18. The molecule has 3 nitrogen and oxygen atoms in total. The molecule has 2 atom stereocenters. The standard InChI is InChI=1S/C18H13ClN2O/c19-14-6-7-16-15(8-14)18(9-13(18)10-20)17(22)21(16)11-12-4-2-1-3-5-12/h1-8,13H,9,11H2/t13-,18-/m0/s1. The zero-order chi connectivity index (χ0) is 15.3. The van der Waals surface area contributed by atoms with Crippen LogP contribution in [-0.4, -0.2) is 5.91 Å². The second-order valence-electron chi connectivity index (χ2n) is 5.90. The van der Waals surface area contributed by atoms with Gasteiger partial charge in [0.25, 0.3) is 0 Å². The number of hydrogen-bond donors (Lipinski definition) is 0. The summed E-state index contributed by atoms with van der Waals surface area (Å²) in [6, 6.07) is 17.7. The number of amides is 1. The fourth-order valence-electron chi connectivity index (χ4n) is 3.44. The topological polar surface area (TPSA) is 44.1 Å². The molecule has 0 N–H and O–H groups in total. The van der Waals surface area contributed by atoms with E-state index in [1.807, 2.05) is 42.5 Å². The van der Waals surface area contributed by atoms with Gasteiger partial charge in [-0.1, -0.05) is 41.9 Å². The number of hydrogen-bond acceptors (Lipinski definition) is 2. The normalized spacial score (nSPS) is 25.2. The lowest BCUT2D eigenvalue weighted by Crippen LogP contribution is -2.32. The number of halogens is 1. The Morgan fingerprint density at radius 1 is 1.27 bits per heavy atom. The molecule has 1 aliphatic carbocycles. The van der Waals surface area contributed by atoms with Gasteiger partial charge >= 0.3 is 0 Å². The summed E-state index contributed by atoms with van der Waals surface area (Å²) in [4.78, 5) is 14.8. The van der Waals surface area contributed by atoms with Crippen LogP contribution in [0.4, 0.5) is 5.69 Å². The monoisotopic (exact) mass is 308 g/mol. The van der Waals surface area contributed by atoms with E-state index in [1.54, 1.807) is 11.0 Å². The van der Waals surface area contributed by atoms with Gasteiger partial charge in [0, 0.05) is 10.7 Å². The molecule has 2 aromatic rings. The van der Waals surface area contributed by atoms with Crippen molar-refractivity contribution >= 4 is 23.2 Å². The first kappa shape index (κ1) is 13.4. The maximum absolute atomic E-state index is 13.0. The van der Waals surface area contributed by atoms with Crippen LogP contribution in [0.15, 0.2) is 48.5 Å². The van der Waals surface area contributed by atoms with E-state index >= 15 is 0 Å². The molecule has 0 aromatic heterocycles. The Morgan fingerprint density at radius 2 is 2.05 bits per heavy atom. The van der Waals surface area contributed by atoms with Gasteiger partial charge < -0.3 is 4.90 Å². The van der Waals surface area contributed by atoms with Crippen molar-refractivity contribution in [2.45, 2.75) is 18.4 Å². The fourth-order valence-corrected chi connectivity index (χ4v) is 3.61. The Bertz CT molecular complexity index is 812. The third-order valence-electron chi connectivity index (χ3n) is 4.66. The van der Waals surface area contributed by atoms with Gasteiger partial charge in [-0.15, -0.1) is 0 Å². The molecule has 1 fully saturated rings. The number of anilines is 1. The number of nitrogens with zero attached hydrogens (tertiary/aromatic N) is 2. The van der Waals surface area contributed by atoms with Crippen molar-refractivity contribution in [1.82, 2.24) is 0 Å². The van der Waals surface area contributed by atoms with Crippen LogP contribution < -0.4 is 4.90 Å². The molecule has 4 rings (SSSR count). The Labute approximate surface area is 133 Å². The second kappa shape index (κ2) is 4.59. The highest BCUT2D eigenvalue weighted by atomic mass is 35.5. The number of carbonyl (C=O) groups is 1. The summed E-state index contributed by atoms with van der Waals surface area (Å²) in [6.07, 6.45) is 0.598. The minimum Gasteiger partial charge on any atom is -0.307 e. The van der Waals surface area contributed by atoms with E-state index in [4.69, 9.17) is 11.6 Å². The lowest BCUT2D eigenvalue weighted by atomic mass is 9.95. The van der Waals surface area contributed by atoms with E-state index in [0.29, 0.717) is 18.0 Å². The first-order chi connectivity index (χ1) is 10.7. The summed E-state index contributed by atoms with van der Waals surface area (Å²) in [5.41, 5.74) is 2.20. The third-order valence-corrected chi connectivity index (χ3v) is 4.89. The molecule has 108 valence electrons. The number of carbonyl (C=O) groups excluding carboxylic acids is 1. The van der Waals surface area contributed by atoms with Crippen LogP contribution in [0.25, 0.3) is 0 Å². The fraction of sp³-hybridized carbons (Fsp3) is 0.222. The first-order valence-corrected chi connectivity index (χ1v) is 7.60. The van der Waals surface area contributed by atoms with Crippen molar-refractivity contribution < 1.29 is 4.79 Å². The highest BCUT2D eigenvalue weighted by Gasteiger charge is 2.67. The van der Waals surface area contributed by atoms with E-state index in [1.165, 1.54) is 0 Å². The van der Waals surface area contributed by atoms with E-state index in [9.17, 15) is 10.1 Å². The third kappa shape index (κ3) is 1.71. The summed E-state index contributed by atoms with van der Waals surface area (Å²) < 4.78 is 0. The summed E-state index contributed by atoms with van der Waals surface area (Å²) in [7, 11) is 0. The van der Waals surface area contributed by atoms with Gasteiger partial charge in [0.15, 0.2) is 0 Å². The van der Waals surface area contributed by atoms with E-state index in [2.05, 4.69) is 6.07 Å². The quantitative estimate of drug-likeness (QED) is 0.849. The number of fused-ring (bicyclic) bond motifs is 2. The molecule has 1 saturated carbocycles. The lowest BCUT2D eigenvalue weighted by molar-refractivity contribution is -0.120. The zero-order valence-corrected chi connectivity index (χ0v) is 12.5. The van der Waals surface area contributed by atoms with Crippen molar-refractivity contribution in [2.75, 3.05) is 4.90 Å². The predicted octanol–water partition coefficient (Wildman–Crippen LogP) is 3.67. The summed E-state index contributed by atoms with van der Waals surface area (Å²) in [5, 5.41) is 9.87. The van der Waals surface area contributed by atoms with Crippen LogP contribution in [0.1, 0.15) is 17.5 Å². The van der Waals surface area contributed by atoms with Crippen LogP contribution >= 0.6 is 11.6 Å². The molecule has 0 radical (unpaired) electrons. The van der Waals surface area contributed by atoms with Gasteiger partial charge in [-0.2, -0.15) is 5.26 Å². The molecule has 0 saturated heterocycles. The molecule has 4 heteroatoms. The number of nitriles is 1. The number of rotatable bonds is 2. The summed E-state index contributed by atoms with van der Waals surface area (Å²) in [6.45, 7) is 0.522. The highest BCUT2D eigenvalue weighted by Crippen LogP contribution is 2.61. The second-order valence-corrected chi connectivity index (χ2v) is 6.33. The van der Waals surface area contributed by atoms with Crippen molar-refractivity contribution in [2.24, 2.45) is 5.92 Å². The summed E-state index contributed by atoms with van der Waals surface area (Å²) in [5.74, 6) is -0.210. The maximum atomic E-state index is 13.0. The molecule has 0 unspecified atom stereocenters. The molecule has 1 spiro atoms. The molecule has 2 aliphatic rings. The van der Waals surface area contributed by atoms with Crippen LogP contribution in [0.5, 0.6) is 0 Å².